The Balaban J connectivity index is 2.50. The number of hydrogen-bond acceptors (Lipinski definition) is 5. The SMILES string of the molecule is Cc1cc(I)ccc1NC(=O)c1c(C(=O)[O-])cccc1[N+](=O)[O-]. The molecular formula is C15H10IN2O5-. The number of anilines is 1. The van der Waals surface area contributed by atoms with Crippen LogP contribution in [0.3, 0.4) is 0 Å². The molecule has 0 saturated heterocycles. The topological polar surface area (TPSA) is 112 Å². The van der Waals surface area contributed by atoms with Gasteiger partial charge in [-0.25, -0.2) is 0 Å². The van der Waals surface area contributed by atoms with Crippen LogP contribution >= 0.6 is 22.6 Å². The number of aryl methyl sites for hydroxylation is 1. The smallest absolute Gasteiger partial charge is 0.282 e. The van der Waals surface area contributed by atoms with E-state index in [1.165, 1.54) is 6.07 Å². The molecule has 7 nitrogen and oxygen atoms in total. The number of nitrogens with zero attached hydrogens (tertiary/aromatic N) is 1. The molecule has 23 heavy (non-hydrogen) atoms. The highest BCUT2D eigenvalue weighted by molar-refractivity contribution is 14.1. The molecule has 0 saturated carbocycles. The molecule has 8 heteroatoms. The van der Waals surface area contributed by atoms with Gasteiger partial charge in [0.15, 0.2) is 0 Å². The second kappa shape index (κ2) is 6.73. The first-order valence-corrected chi connectivity index (χ1v) is 7.45. The number of carboxylic acid groups (broad SMARTS) is 1. The zero-order valence-corrected chi connectivity index (χ0v) is 14.0. The van der Waals surface area contributed by atoms with Gasteiger partial charge in [-0.2, -0.15) is 0 Å². The third kappa shape index (κ3) is 3.65. The first kappa shape index (κ1) is 16.9. The van der Waals surface area contributed by atoms with Crippen molar-refractivity contribution in [2.24, 2.45) is 0 Å². The number of amides is 1. The summed E-state index contributed by atoms with van der Waals surface area (Å²) in [6.45, 7) is 1.76. The number of nitro groups is 1. The Hall–Kier alpha value is -2.49. The van der Waals surface area contributed by atoms with Gasteiger partial charge >= 0.3 is 0 Å². The molecule has 118 valence electrons. The average molecular weight is 425 g/mol. The highest BCUT2D eigenvalue weighted by Gasteiger charge is 2.24. The number of carboxylic acids is 1. The molecule has 0 aliphatic carbocycles. The Morgan fingerprint density at radius 3 is 2.48 bits per heavy atom. The predicted octanol–water partition coefficient (Wildman–Crippen LogP) is 2.12. The third-order valence-electron chi connectivity index (χ3n) is 3.12. The summed E-state index contributed by atoms with van der Waals surface area (Å²) in [6, 6.07) is 8.57. The fraction of sp³-hybridized carbons (Fsp3) is 0.0667. The van der Waals surface area contributed by atoms with E-state index in [4.69, 9.17) is 0 Å². The minimum atomic E-state index is -1.65. The van der Waals surface area contributed by atoms with E-state index >= 15 is 0 Å². The van der Waals surface area contributed by atoms with Gasteiger partial charge in [-0.15, -0.1) is 0 Å². The van der Waals surface area contributed by atoms with Gasteiger partial charge in [-0.3, -0.25) is 14.9 Å². The maximum Gasteiger partial charge on any atom is 0.282 e. The van der Waals surface area contributed by atoms with Crippen molar-refractivity contribution in [1.29, 1.82) is 0 Å². The largest absolute Gasteiger partial charge is 0.545 e. The van der Waals surface area contributed by atoms with Crippen molar-refractivity contribution >= 4 is 45.8 Å². The molecule has 0 spiro atoms. The van der Waals surface area contributed by atoms with Gasteiger partial charge in [0.2, 0.25) is 0 Å². The maximum absolute atomic E-state index is 12.4. The quantitative estimate of drug-likeness (QED) is 0.458. The highest BCUT2D eigenvalue weighted by atomic mass is 127. The molecule has 0 aromatic heterocycles. The van der Waals surface area contributed by atoms with E-state index in [2.05, 4.69) is 27.9 Å². The molecule has 0 radical (unpaired) electrons. The molecule has 2 aromatic carbocycles. The van der Waals surface area contributed by atoms with Crippen LogP contribution in [-0.2, 0) is 0 Å². The number of hydrogen-bond donors (Lipinski definition) is 1. The van der Waals surface area contributed by atoms with Crippen molar-refractivity contribution in [1.82, 2.24) is 0 Å². The molecule has 0 atom stereocenters. The third-order valence-corrected chi connectivity index (χ3v) is 3.79. The van der Waals surface area contributed by atoms with Crippen LogP contribution in [0.15, 0.2) is 36.4 Å². The maximum atomic E-state index is 12.4. The molecule has 0 unspecified atom stereocenters. The van der Waals surface area contributed by atoms with E-state index in [-0.39, 0.29) is 0 Å². The van der Waals surface area contributed by atoms with E-state index in [9.17, 15) is 24.8 Å². The van der Waals surface area contributed by atoms with Crippen molar-refractivity contribution in [3.05, 3.63) is 66.8 Å². The number of nitrogens with one attached hydrogen (secondary N) is 1. The fourth-order valence-electron chi connectivity index (χ4n) is 2.05. The average Bonchev–Trinajstić information content (AvgIpc) is 2.49. The van der Waals surface area contributed by atoms with Gasteiger partial charge < -0.3 is 15.2 Å². The number of aromatic carboxylic acids is 1. The number of benzene rings is 2. The van der Waals surface area contributed by atoms with E-state index in [0.717, 1.165) is 21.3 Å². The van der Waals surface area contributed by atoms with Gasteiger partial charge in [0, 0.05) is 20.9 Å². The first-order valence-electron chi connectivity index (χ1n) is 6.37. The lowest BCUT2D eigenvalue weighted by Gasteiger charge is -2.12. The Bertz CT molecular complexity index is 787. The van der Waals surface area contributed by atoms with Crippen LogP contribution in [0, 0.1) is 20.6 Å². The zero-order valence-electron chi connectivity index (χ0n) is 11.8. The minimum absolute atomic E-state index is 0.442. The van der Waals surface area contributed by atoms with Crippen LogP contribution in [0.4, 0.5) is 11.4 Å². The summed E-state index contributed by atoms with van der Waals surface area (Å²) < 4.78 is 0.958. The van der Waals surface area contributed by atoms with Crippen LogP contribution in [0.2, 0.25) is 0 Å². The summed E-state index contributed by atoms with van der Waals surface area (Å²) in [5.41, 5.74) is -0.459. The molecule has 0 heterocycles. The van der Waals surface area contributed by atoms with E-state index in [0.29, 0.717) is 5.69 Å². The lowest BCUT2D eigenvalue weighted by atomic mass is 10.0. The monoisotopic (exact) mass is 425 g/mol. The van der Waals surface area contributed by atoms with Crippen molar-refractivity contribution in [2.45, 2.75) is 6.92 Å². The number of carbonyl (C=O) groups excluding carboxylic acids is 2. The van der Waals surface area contributed by atoms with Gasteiger partial charge in [0.05, 0.1) is 10.9 Å². The highest BCUT2D eigenvalue weighted by Crippen LogP contribution is 2.25. The van der Waals surface area contributed by atoms with Crippen LogP contribution in [0.5, 0.6) is 0 Å². The second-order valence-corrected chi connectivity index (χ2v) is 5.90. The minimum Gasteiger partial charge on any atom is -0.545 e. The van der Waals surface area contributed by atoms with Crippen molar-refractivity contribution in [3.63, 3.8) is 0 Å². The predicted molar refractivity (Wildman–Crippen MR) is 89.3 cm³/mol. The Kier molecular flexibility index (Phi) is 4.94. The zero-order chi connectivity index (χ0) is 17.1. The van der Waals surface area contributed by atoms with E-state index in [1.54, 1.807) is 19.1 Å². The number of carbonyl (C=O) groups is 2. The molecule has 0 fully saturated rings. The van der Waals surface area contributed by atoms with Gasteiger partial charge in [-0.1, -0.05) is 12.1 Å². The fourth-order valence-corrected chi connectivity index (χ4v) is 2.70. The summed E-state index contributed by atoms with van der Waals surface area (Å²) in [5.74, 6) is -2.53. The Morgan fingerprint density at radius 2 is 1.91 bits per heavy atom. The molecular weight excluding hydrogens is 415 g/mol. The first-order chi connectivity index (χ1) is 10.8. The van der Waals surface area contributed by atoms with E-state index < -0.39 is 33.6 Å². The summed E-state index contributed by atoms with van der Waals surface area (Å²) >= 11 is 2.11. The summed E-state index contributed by atoms with van der Waals surface area (Å²) in [4.78, 5) is 33.8. The Labute approximate surface area is 144 Å². The Morgan fingerprint density at radius 1 is 1.22 bits per heavy atom. The lowest BCUT2D eigenvalue weighted by Crippen LogP contribution is -2.27. The van der Waals surface area contributed by atoms with Crippen molar-refractivity contribution < 1.29 is 19.6 Å². The normalized spacial score (nSPS) is 10.2. The molecule has 0 bridgehead atoms. The molecule has 1 N–H and O–H groups in total. The standard InChI is InChI=1S/C15H11IN2O5/c1-8-7-9(16)5-6-11(8)17-14(19)13-10(15(20)21)3-2-4-12(13)18(22)23/h2-7H,1H3,(H,17,19)(H,20,21)/p-1. The molecule has 1 amide bonds. The summed E-state index contributed by atoms with van der Waals surface area (Å²) in [5, 5.41) is 24.7. The van der Waals surface area contributed by atoms with Crippen LogP contribution < -0.4 is 10.4 Å². The lowest BCUT2D eigenvalue weighted by molar-refractivity contribution is -0.385. The summed E-state index contributed by atoms with van der Waals surface area (Å²) in [6.07, 6.45) is 0. The molecule has 0 aliphatic rings. The van der Waals surface area contributed by atoms with Crippen molar-refractivity contribution in [3.8, 4) is 0 Å². The number of nitro benzene ring substituents is 1. The van der Waals surface area contributed by atoms with Gasteiger partial charge in [0.1, 0.15) is 5.56 Å². The van der Waals surface area contributed by atoms with Crippen molar-refractivity contribution in [2.75, 3.05) is 5.32 Å². The van der Waals surface area contributed by atoms with Gasteiger partial charge in [0.25, 0.3) is 11.6 Å². The molecule has 2 aromatic rings. The summed E-state index contributed by atoms with van der Waals surface area (Å²) in [7, 11) is 0. The second-order valence-electron chi connectivity index (χ2n) is 4.66. The van der Waals surface area contributed by atoms with E-state index in [1.807, 2.05) is 6.07 Å². The molecule has 0 aliphatic heterocycles. The molecule has 2 rings (SSSR count). The van der Waals surface area contributed by atoms with Crippen LogP contribution in [0.1, 0.15) is 26.3 Å². The number of halogens is 1. The van der Waals surface area contributed by atoms with Crippen LogP contribution in [-0.4, -0.2) is 16.8 Å². The number of rotatable bonds is 4. The van der Waals surface area contributed by atoms with Crippen LogP contribution in [0.25, 0.3) is 0 Å². The van der Waals surface area contributed by atoms with Gasteiger partial charge in [-0.05, 0) is 53.3 Å².